The first-order chi connectivity index (χ1) is 14.1. The average molecular weight is 409 g/mol. The predicted octanol–water partition coefficient (Wildman–Crippen LogP) is 4.55. The lowest BCUT2D eigenvalue weighted by atomic mass is 10.2. The summed E-state index contributed by atoms with van der Waals surface area (Å²) in [6.45, 7) is 5.27. The molecule has 1 amide bonds. The van der Waals surface area contributed by atoms with Crippen LogP contribution in [0, 0.1) is 13.8 Å². The van der Waals surface area contributed by atoms with Crippen LogP contribution in [-0.2, 0) is 11.4 Å². The summed E-state index contributed by atoms with van der Waals surface area (Å²) >= 11 is 1.61. The fraction of sp³-hybridized carbons (Fsp3) is 0.217. The Balaban J connectivity index is 1.42. The summed E-state index contributed by atoms with van der Waals surface area (Å²) in [6.07, 6.45) is 3.27. The molecule has 0 radical (unpaired) electrons. The number of aryl methyl sites for hydroxylation is 2. The van der Waals surface area contributed by atoms with E-state index in [0.717, 1.165) is 33.3 Å². The van der Waals surface area contributed by atoms with Crippen molar-refractivity contribution in [2.45, 2.75) is 20.5 Å². The van der Waals surface area contributed by atoms with Gasteiger partial charge in [0.25, 0.3) is 0 Å². The molecule has 1 aromatic heterocycles. The van der Waals surface area contributed by atoms with Gasteiger partial charge in [-0.15, -0.1) is 11.3 Å². The van der Waals surface area contributed by atoms with Crippen LogP contribution < -0.4 is 14.8 Å². The molecular formula is C23H24N2O3S. The number of hydrogen-bond donors (Lipinski definition) is 1. The number of hydrogen-bond acceptors (Lipinski definition) is 5. The van der Waals surface area contributed by atoms with Crippen molar-refractivity contribution in [3.05, 3.63) is 81.8 Å². The molecule has 0 spiro atoms. The fourth-order valence-electron chi connectivity index (χ4n) is 2.62. The first kappa shape index (κ1) is 20.6. The third kappa shape index (κ3) is 7.08. The fourth-order valence-corrected chi connectivity index (χ4v) is 3.22. The molecule has 0 saturated heterocycles. The van der Waals surface area contributed by atoms with Gasteiger partial charge in [-0.05, 0) is 55.3 Å². The van der Waals surface area contributed by atoms with Crippen molar-refractivity contribution < 1.29 is 14.3 Å². The van der Waals surface area contributed by atoms with E-state index in [9.17, 15) is 4.79 Å². The molecule has 0 aliphatic carbocycles. The smallest absolute Gasteiger partial charge is 0.244 e. The van der Waals surface area contributed by atoms with Crippen LogP contribution in [0.4, 0.5) is 0 Å². The van der Waals surface area contributed by atoms with Gasteiger partial charge in [0.05, 0.1) is 17.2 Å². The molecule has 5 nitrogen and oxygen atoms in total. The molecule has 29 heavy (non-hydrogen) atoms. The monoisotopic (exact) mass is 408 g/mol. The van der Waals surface area contributed by atoms with Gasteiger partial charge < -0.3 is 14.8 Å². The highest BCUT2D eigenvalue weighted by atomic mass is 32.1. The maximum absolute atomic E-state index is 12.0. The summed E-state index contributed by atoms with van der Waals surface area (Å²) in [5.41, 5.74) is 2.95. The van der Waals surface area contributed by atoms with Crippen molar-refractivity contribution in [2.24, 2.45) is 0 Å². The lowest BCUT2D eigenvalue weighted by Gasteiger charge is -2.07. The van der Waals surface area contributed by atoms with Crippen LogP contribution in [0.2, 0.25) is 0 Å². The third-order valence-electron chi connectivity index (χ3n) is 4.00. The molecule has 6 heteroatoms. The van der Waals surface area contributed by atoms with E-state index < -0.39 is 0 Å². The first-order valence-electron chi connectivity index (χ1n) is 9.38. The number of thiazole rings is 1. The van der Waals surface area contributed by atoms with Crippen LogP contribution in [0.15, 0.2) is 60.0 Å². The van der Waals surface area contributed by atoms with E-state index in [0.29, 0.717) is 19.8 Å². The maximum Gasteiger partial charge on any atom is 0.244 e. The summed E-state index contributed by atoms with van der Waals surface area (Å²) in [7, 11) is 0. The molecule has 150 valence electrons. The van der Waals surface area contributed by atoms with Gasteiger partial charge >= 0.3 is 0 Å². The normalized spacial score (nSPS) is 10.8. The Morgan fingerprint density at radius 2 is 1.90 bits per heavy atom. The van der Waals surface area contributed by atoms with Crippen molar-refractivity contribution in [1.29, 1.82) is 0 Å². The molecule has 0 atom stereocenters. The van der Waals surface area contributed by atoms with Gasteiger partial charge in [-0.3, -0.25) is 4.79 Å². The van der Waals surface area contributed by atoms with Crippen molar-refractivity contribution in [1.82, 2.24) is 10.3 Å². The number of benzene rings is 2. The van der Waals surface area contributed by atoms with Crippen LogP contribution in [0.5, 0.6) is 11.5 Å². The summed E-state index contributed by atoms with van der Waals surface area (Å²) in [5, 5.41) is 5.83. The number of amides is 1. The number of carbonyl (C=O) groups is 1. The van der Waals surface area contributed by atoms with Crippen LogP contribution in [0.1, 0.15) is 21.8 Å². The van der Waals surface area contributed by atoms with Gasteiger partial charge in [0.2, 0.25) is 5.91 Å². The number of carbonyl (C=O) groups excluding carboxylic acids is 1. The molecular weight excluding hydrogens is 384 g/mol. The predicted molar refractivity (Wildman–Crippen MR) is 116 cm³/mol. The van der Waals surface area contributed by atoms with Crippen molar-refractivity contribution >= 4 is 23.3 Å². The highest BCUT2D eigenvalue weighted by Crippen LogP contribution is 2.17. The average Bonchev–Trinajstić information content (AvgIpc) is 3.14. The Labute approximate surface area is 175 Å². The number of nitrogens with zero attached hydrogens (tertiary/aromatic N) is 1. The van der Waals surface area contributed by atoms with E-state index in [4.69, 9.17) is 9.47 Å². The second-order valence-corrected chi connectivity index (χ2v) is 7.57. The molecule has 0 bridgehead atoms. The summed E-state index contributed by atoms with van der Waals surface area (Å²) in [4.78, 5) is 16.4. The minimum atomic E-state index is -0.165. The molecule has 0 fully saturated rings. The second-order valence-electron chi connectivity index (χ2n) is 6.51. The zero-order valence-corrected chi connectivity index (χ0v) is 17.4. The van der Waals surface area contributed by atoms with Crippen LogP contribution in [-0.4, -0.2) is 24.0 Å². The lowest BCUT2D eigenvalue weighted by Crippen LogP contribution is -2.26. The summed E-state index contributed by atoms with van der Waals surface area (Å²) < 4.78 is 11.4. The Kier molecular flexibility index (Phi) is 7.41. The Hall–Kier alpha value is -3.12. The molecule has 1 N–H and O–H groups in total. The Bertz CT molecular complexity index is 982. The molecule has 0 aliphatic rings. The van der Waals surface area contributed by atoms with Gasteiger partial charge in [-0.25, -0.2) is 4.98 Å². The van der Waals surface area contributed by atoms with Gasteiger partial charge in [-0.2, -0.15) is 0 Å². The second kappa shape index (κ2) is 10.4. The third-order valence-corrected chi connectivity index (χ3v) is 4.82. The van der Waals surface area contributed by atoms with Crippen molar-refractivity contribution in [2.75, 3.05) is 13.2 Å². The maximum atomic E-state index is 12.0. The molecule has 3 rings (SSSR count). The Morgan fingerprint density at radius 1 is 1.10 bits per heavy atom. The van der Waals surface area contributed by atoms with Gasteiger partial charge in [0.1, 0.15) is 24.7 Å². The number of ether oxygens (including phenoxy) is 2. The molecule has 2 aromatic carbocycles. The molecule has 3 aromatic rings. The number of rotatable bonds is 9. The van der Waals surface area contributed by atoms with E-state index in [1.54, 1.807) is 17.4 Å². The SMILES string of the molecule is Cc1cccc(OCCNC(=O)/C=C/c2cccc(OCc3csc(C)n3)c2)c1. The van der Waals surface area contributed by atoms with E-state index >= 15 is 0 Å². The van der Waals surface area contributed by atoms with Crippen LogP contribution in [0.25, 0.3) is 6.08 Å². The van der Waals surface area contributed by atoms with Crippen LogP contribution >= 0.6 is 11.3 Å². The van der Waals surface area contributed by atoms with Gasteiger partial charge in [0, 0.05) is 11.5 Å². The van der Waals surface area contributed by atoms with Gasteiger partial charge in [-0.1, -0.05) is 24.3 Å². The molecule has 0 unspecified atom stereocenters. The minimum Gasteiger partial charge on any atom is -0.492 e. The molecule has 0 saturated carbocycles. The highest BCUT2D eigenvalue weighted by Gasteiger charge is 2.01. The quantitative estimate of drug-likeness (QED) is 0.417. The number of aromatic nitrogens is 1. The van der Waals surface area contributed by atoms with Crippen molar-refractivity contribution in [3.8, 4) is 11.5 Å². The first-order valence-corrected chi connectivity index (χ1v) is 10.3. The zero-order valence-electron chi connectivity index (χ0n) is 16.6. The number of nitrogens with one attached hydrogen (secondary N) is 1. The summed E-state index contributed by atoms with van der Waals surface area (Å²) in [5.74, 6) is 1.38. The Morgan fingerprint density at radius 3 is 2.66 bits per heavy atom. The van der Waals surface area contributed by atoms with E-state index in [2.05, 4.69) is 10.3 Å². The lowest BCUT2D eigenvalue weighted by molar-refractivity contribution is -0.116. The van der Waals surface area contributed by atoms with Crippen molar-refractivity contribution in [3.63, 3.8) is 0 Å². The molecule has 0 aliphatic heterocycles. The minimum absolute atomic E-state index is 0.165. The van der Waals surface area contributed by atoms with E-state index in [1.807, 2.05) is 67.8 Å². The molecule has 1 heterocycles. The standard InChI is InChI=1S/C23H24N2O3S/c1-17-5-3-7-21(13-17)27-12-11-24-23(26)10-9-19-6-4-8-22(14-19)28-15-20-16-29-18(2)25-20/h3-10,13-14,16H,11-12,15H2,1-2H3,(H,24,26)/b10-9+. The van der Waals surface area contributed by atoms with Crippen LogP contribution in [0.3, 0.4) is 0 Å². The topological polar surface area (TPSA) is 60.5 Å². The van der Waals surface area contributed by atoms with E-state index in [1.165, 1.54) is 6.08 Å². The zero-order chi connectivity index (χ0) is 20.5. The van der Waals surface area contributed by atoms with E-state index in [-0.39, 0.29) is 5.91 Å². The largest absolute Gasteiger partial charge is 0.492 e. The van der Waals surface area contributed by atoms with Gasteiger partial charge in [0.15, 0.2) is 0 Å². The summed E-state index contributed by atoms with van der Waals surface area (Å²) in [6, 6.07) is 15.4. The highest BCUT2D eigenvalue weighted by molar-refractivity contribution is 7.09.